The van der Waals surface area contributed by atoms with E-state index in [2.05, 4.69) is 147 Å². The highest BCUT2D eigenvalue weighted by Crippen LogP contribution is 2.64. The fourth-order valence-electron chi connectivity index (χ4n) is 11.4. The molecule has 1 fully saturated rings. The molecule has 0 N–H and O–H groups in total. The lowest BCUT2D eigenvalue weighted by Crippen LogP contribution is -2.31. The molecule has 2 aromatic heterocycles. The van der Waals surface area contributed by atoms with Crippen molar-refractivity contribution >= 4 is 27.5 Å². The maximum atomic E-state index is 6.81. The Balaban J connectivity index is 1.02. The zero-order valence-corrected chi connectivity index (χ0v) is 33.0. The normalized spacial score (nSPS) is 19.7. The van der Waals surface area contributed by atoms with Gasteiger partial charge in [-0.25, -0.2) is 9.97 Å². The van der Waals surface area contributed by atoms with Crippen LogP contribution in [0.1, 0.15) is 74.1 Å². The minimum Gasteiger partial charge on any atom is -0.455 e. The number of hydrogen-bond acceptors (Lipinski definition) is 3. The minimum atomic E-state index is 0.0629. The molecule has 12 rings (SSSR count). The average Bonchev–Trinajstić information content (AvgIpc) is 3.86. The summed E-state index contributed by atoms with van der Waals surface area (Å²) in [6, 6.07) is 52.4. The lowest BCUT2D eigenvalue weighted by atomic mass is 9.64. The second-order valence-electron chi connectivity index (χ2n) is 17.6. The zero-order chi connectivity index (χ0) is 38.6. The Morgan fingerprint density at radius 2 is 1.28 bits per heavy atom. The Kier molecular flexibility index (Phi) is 7.33. The van der Waals surface area contributed by atoms with Crippen molar-refractivity contribution in [2.45, 2.75) is 62.7 Å². The van der Waals surface area contributed by atoms with Crippen LogP contribution in [-0.4, -0.2) is 9.97 Å². The molecule has 0 bridgehead atoms. The Morgan fingerprint density at radius 3 is 2.10 bits per heavy atom. The quantitative estimate of drug-likeness (QED) is 0.180. The van der Waals surface area contributed by atoms with Gasteiger partial charge in [0.05, 0.1) is 11.4 Å². The molecule has 58 heavy (non-hydrogen) atoms. The number of hydrogen-bond donors (Lipinski definition) is 0. The maximum Gasteiger partial charge on any atom is 0.160 e. The molecule has 1 spiro atoms. The summed E-state index contributed by atoms with van der Waals surface area (Å²) >= 11 is 0. The predicted octanol–water partition coefficient (Wildman–Crippen LogP) is 14.3. The van der Waals surface area contributed by atoms with Gasteiger partial charge in [0.1, 0.15) is 11.2 Å². The Bertz CT molecular complexity index is 2960. The van der Waals surface area contributed by atoms with E-state index in [1.165, 1.54) is 65.5 Å². The van der Waals surface area contributed by atoms with Gasteiger partial charge in [-0.2, -0.15) is 0 Å². The van der Waals surface area contributed by atoms with E-state index in [-0.39, 0.29) is 10.8 Å². The van der Waals surface area contributed by atoms with Crippen molar-refractivity contribution in [3.63, 3.8) is 0 Å². The Morgan fingerprint density at radius 1 is 0.569 bits per heavy atom. The first-order valence-electron chi connectivity index (χ1n) is 21.1. The van der Waals surface area contributed by atoms with E-state index >= 15 is 0 Å². The minimum absolute atomic E-state index is 0.0629. The molecule has 3 nitrogen and oxygen atoms in total. The van der Waals surface area contributed by atoms with Crippen LogP contribution < -0.4 is 0 Å². The molecular formula is C55H44N2O. The van der Waals surface area contributed by atoms with E-state index in [9.17, 15) is 0 Å². The second kappa shape index (κ2) is 12.6. The molecule has 2 heterocycles. The summed E-state index contributed by atoms with van der Waals surface area (Å²) in [7, 11) is 0. The number of para-hydroxylation sites is 1. The van der Waals surface area contributed by atoms with Crippen molar-refractivity contribution in [2.75, 3.05) is 0 Å². The smallest absolute Gasteiger partial charge is 0.160 e. The number of benzene rings is 6. The first kappa shape index (κ1) is 33.8. The molecule has 4 aliphatic rings. The molecule has 2 unspecified atom stereocenters. The summed E-state index contributed by atoms with van der Waals surface area (Å²) in [6.45, 7) is 4.92. The third-order valence-electron chi connectivity index (χ3n) is 14.2. The van der Waals surface area contributed by atoms with Crippen LogP contribution in [0.2, 0.25) is 0 Å². The molecule has 6 aromatic carbocycles. The number of fused-ring (bicyclic) bond motifs is 11. The number of allylic oxidation sites excluding steroid dienone is 4. The van der Waals surface area contributed by atoms with Crippen molar-refractivity contribution in [1.29, 1.82) is 0 Å². The molecule has 3 heteroatoms. The van der Waals surface area contributed by atoms with Crippen molar-refractivity contribution in [1.82, 2.24) is 9.97 Å². The van der Waals surface area contributed by atoms with E-state index in [4.69, 9.17) is 14.4 Å². The van der Waals surface area contributed by atoms with Gasteiger partial charge in [0.15, 0.2) is 5.82 Å². The van der Waals surface area contributed by atoms with Crippen LogP contribution >= 0.6 is 0 Å². The van der Waals surface area contributed by atoms with Crippen LogP contribution in [-0.2, 0) is 10.8 Å². The van der Waals surface area contributed by atoms with Crippen molar-refractivity contribution in [2.24, 2.45) is 5.92 Å². The van der Waals surface area contributed by atoms with Gasteiger partial charge in [-0.1, -0.05) is 167 Å². The fraction of sp³-hybridized carbons (Fsp3) is 0.200. The number of rotatable bonds is 4. The topological polar surface area (TPSA) is 38.9 Å². The van der Waals surface area contributed by atoms with Gasteiger partial charge >= 0.3 is 0 Å². The largest absolute Gasteiger partial charge is 0.455 e. The lowest BCUT2D eigenvalue weighted by molar-refractivity contribution is 0.345. The first-order valence-corrected chi connectivity index (χ1v) is 21.1. The van der Waals surface area contributed by atoms with Gasteiger partial charge in [-0.15, -0.1) is 0 Å². The number of furan rings is 1. The predicted molar refractivity (Wildman–Crippen MR) is 238 cm³/mol. The standard InChI is InChI=1S/C55H44N2O/c1-54(2)44-24-11-10-20-38(44)41-31-47-43(32-46(41)54)51-37(21-15-25-45(51)55(47)28-12-5-13-29-55)36-26-27-50-42(30-36)39-22-14-23-40(52(39)58-50)49-33-48(34-16-6-3-7-17-34)56-53(57-49)35-18-8-4-9-19-35/h3-4,6-11,14-27,30-33,41,46H,5,12-13,28-29H2,1-2H3. The van der Waals surface area contributed by atoms with Crippen LogP contribution in [0.4, 0.5) is 0 Å². The van der Waals surface area contributed by atoms with Crippen LogP contribution in [0.25, 0.3) is 72.5 Å². The van der Waals surface area contributed by atoms with Crippen molar-refractivity contribution < 1.29 is 4.42 Å². The monoisotopic (exact) mass is 748 g/mol. The highest BCUT2D eigenvalue weighted by molar-refractivity contribution is 6.11. The number of aromatic nitrogens is 2. The van der Waals surface area contributed by atoms with Crippen LogP contribution in [0.3, 0.4) is 0 Å². The average molecular weight is 749 g/mol. The molecule has 2 atom stereocenters. The van der Waals surface area contributed by atoms with Crippen molar-refractivity contribution in [3.05, 3.63) is 186 Å². The van der Waals surface area contributed by atoms with E-state index in [1.54, 1.807) is 11.1 Å². The lowest BCUT2D eigenvalue weighted by Gasteiger charge is -2.39. The molecule has 1 saturated carbocycles. The number of nitrogens with zero attached hydrogens (tertiary/aromatic N) is 2. The van der Waals surface area contributed by atoms with Crippen molar-refractivity contribution in [3.8, 4) is 45.0 Å². The molecule has 8 aromatic rings. The van der Waals surface area contributed by atoms with Gasteiger partial charge in [0, 0.05) is 38.8 Å². The maximum absolute atomic E-state index is 6.81. The summed E-state index contributed by atoms with van der Waals surface area (Å²) in [5.74, 6) is 1.54. The fourth-order valence-corrected chi connectivity index (χ4v) is 11.4. The third-order valence-corrected chi connectivity index (χ3v) is 14.2. The van der Waals surface area contributed by atoms with Gasteiger partial charge in [-0.05, 0) is 93.0 Å². The van der Waals surface area contributed by atoms with Crippen LogP contribution in [0.15, 0.2) is 168 Å². The summed E-state index contributed by atoms with van der Waals surface area (Å²) in [6.07, 6.45) is 11.8. The Labute approximate surface area is 339 Å². The van der Waals surface area contributed by atoms with E-state index < -0.39 is 0 Å². The van der Waals surface area contributed by atoms with Gasteiger partial charge in [0.2, 0.25) is 0 Å². The van der Waals surface area contributed by atoms with E-state index in [0.29, 0.717) is 17.7 Å². The van der Waals surface area contributed by atoms with Crippen LogP contribution in [0, 0.1) is 5.92 Å². The molecule has 4 aliphatic carbocycles. The van der Waals surface area contributed by atoms with Gasteiger partial charge < -0.3 is 4.42 Å². The molecule has 0 aliphatic heterocycles. The SMILES string of the molecule is CC1(C)c2ccccc2C2C=C3C(=CC21)c1c(-c2ccc4oc5c(-c6cc(-c7ccccc7)nc(-c7ccccc7)n6)cccc5c4c2)cccc1C31CCCCC1. The molecule has 0 radical (unpaired) electrons. The summed E-state index contributed by atoms with van der Waals surface area (Å²) in [5.41, 5.74) is 18.3. The van der Waals surface area contributed by atoms with Gasteiger partial charge in [-0.3, -0.25) is 0 Å². The molecular weight excluding hydrogens is 705 g/mol. The van der Waals surface area contributed by atoms with Gasteiger partial charge in [0.25, 0.3) is 0 Å². The first-order chi connectivity index (χ1) is 28.5. The third kappa shape index (κ3) is 4.86. The molecule has 0 saturated heterocycles. The molecule has 280 valence electrons. The summed E-state index contributed by atoms with van der Waals surface area (Å²) in [4.78, 5) is 10.2. The van der Waals surface area contributed by atoms with Crippen LogP contribution in [0.5, 0.6) is 0 Å². The summed E-state index contributed by atoms with van der Waals surface area (Å²) < 4.78 is 6.81. The Hall–Kier alpha value is -6.32. The molecule has 0 amide bonds. The summed E-state index contributed by atoms with van der Waals surface area (Å²) in [5, 5.41) is 2.22. The highest BCUT2D eigenvalue weighted by atomic mass is 16.3. The zero-order valence-electron chi connectivity index (χ0n) is 33.0. The second-order valence-corrected chi connectivity index (χ2v) is 17.6. The van der Waals surface area contributed by atoms with E-state index in [1.807, 2.05) is 24.3 Å². The highest BCUT2D eigenvalue weighted by Gasteiger charge is 2.53. The van der Waals surface area contributed by atoms with E-state index in [0.717, 1.165) is 50.0 Å².